The van der Waals surface area contributed by atoms with Crippen molar-refractivity contribution in [3.8, 4) is 0 Å². The number of amides is 1. The number of hydrogen-bond acceptors (Lipinski definition) is 6. The zero-order valence-corrected chi connectivity index (χ0v) is 18.5. The molecule has 0 aromatic carbocycles. The van der Waals surface area contributed by atoms with Gasteiger partial charge in [0, 0.05) is 44.5 Å². The van der Waals surface area contributed by atoms with Gasteiger partial charge in [0.25, 0.3) is 0 Å². The van der Waals surface area contributed by atoms with Gasteiger partial charge in [-0.2, -0.15) is 0 Å². The van der Waals surface area contributed by atoms with Gasteiger partial charge in [-0.3, -0.25) is 0 Å². The van der Waals surface area contributed by atoms with E-state index in [1.807, 2.05) is 40.0 Å². The monoisotopic (exact) mass is 418 g/mol. The normalized spacial score (nSPS) is 18.1. The molecule has 0 atom stereocenters. The number of anilines is 1. The van der Waals surface area contributed by atoms with Crippen LogP contribution in [-0.2, 0) is 16.0 Å². The van der Waals surface area contributed by atoms with Gasteiger partial charge >= 0.3 is 6.09 Å². The van der Waals surface area contributed by atoms with Crippen molar-refractivity contribution in [2.24, 2.45) is 4.99 Å². The number of carbonyl (C=O) groups excluding carboxylic acids is 1. The molecule has 2 aliphatic rings. The second kappa shape index (κ2) is 9.97. The Balaban J connectivity index is 1.57. The molecule has 9 heteroatoms. The number of rotatable bonds is 5. The molecule has 2 N–H and O–H groups in total. The number of hydrogen-bond donors (Lipinski definition) is 2. The molecule has 0 saturated carbocycles. The Labute approximate surface area is 178 Å². The van der Waals surface area contributed by atoms with Gasteiger partial charge in [0.15, 0.2) is 5.96 Å². The highest BCUT2D eigenvalue weighted by Crippen LogP contribution is 2.19. The lowest BCUT2D eigenvalue weighted by Crippen LogP contribution is -2.63. The number of aromatic nitrogens is 1. The third-order valence-electron chi connectivity index (χ3n) is 4.80. The molecule has 166 valence electrons. The SMILES string of the molecule is CCNC(=NCc1cccnc1N1CCOCC1)NC1CN(C(=O)OC(C)(C)C)C1. The van der Waals surface area contributed by atoms with Crippen molar-refractivity contribution in [1.82, 2.24) is 20.5 Å². The van der Waals surface area contributed by atoms with Gasteiger partial charge in [0.05, 0.1) is 25.8 Å². The molecule has 2 fully saturated rings. The summed E-state index contributed by atoms with van der Waals surface area (Å²) in [6, 6.07) is 4.17. The highest BCUT2D eigenvalue weighted by atomic mass is 16.6. The van der Waals surface area contributed by atoms with E-state index in [9.17, 15) is 4.79 Å². The quantitative estimate of drug-likeness (QED) is 0.554. The predicted octanol–water partition coefficient (Wildman–Crippen LogP) is 1.59. The number of likely N-dealkylation sites (tertiary alicyclic amines) is 1. The second-order valence-corrected chi connectivity index (χ2v) is 8.51. The topological polar surface area (TPSA) is 91.3 Å². The summed E-state index contributed by atoms with van der Waals surface area (Å²) in [6.45, 7) is 13.3. The lowest BCUT2D eigenvalue weighted by Gasteiger charge is -2.40. The molecular weight excluding hydrogens is 384 g/mol. The van der Waals surface area contributed by atoms with Gasteiger partial charge in [0.2, 0.25) is 0 Å². The van der Waals surface area contributed by atoms with Crippen molar-refractivity contribution in [3.63, 3.8) is 0 Å². The molecule has 3 heterocycles. The Kier molecular flexibility index (Phi) is 7.36. The maximum atomic E-state index is 12.1. The van der Waals surface area contributed by atoms with Crippen LogP contribution in [0.4, 0.5) is 10.6 Å². The van der Waals surface area contributed by atoms with Crippen LogP contribution in [0.5, 0.6) is 0 Å². The van der Waals surface area contributed by atoms with Crippen LogP contribution in [-0.4, -0.2) is 79.5 Å². The van der Waals surface area contributed by atoms with Crippen LogP contribution in [0.25, 0.3) is 0 Å². The van der Waals surface area contributed by atoms with Crippen molar-refractivity contribution in [2.75, 3.05) is 50.8 Å². The number of morpholine rings is 1. The Morgan fingerprint density at radius 2 is 2.07 bits per heavy atom. The largest absolute Gasteiger partial charge is 0.444 e. The first kappa shape index (κ1) is 22.1. The Hall–Kier alpha value is -2.55. The Morgan fingerprint density at radius 1 is 1.33 bits per heavy atom. The molecule has 1 aromatic rings. The number of nitrogens with one attached hydrogen (secondary N) is 2. The molecular formula is C21H34N6O3. The van der Waals surface area contributed by atoms with E-state index in [0.29, 0.717) is 19.6 Å². The molecule has 0 radical (unpaired) electrons. The van der Waals surface area contributed by atoms with Gasteiger partial charge in [0.1, 0.15) is 11.4 Å². The average Bonchev–Trinajstić information content (AvgIpc) is 2.68. The Morgan fingerprint density at radius 3 is 2.73 bits per heavy atom. The maximum absolute atomic E-state index is 12.1. The Bertz CT molecular complexity index is 737. The summed E-state index contributed by atoms with van der Waals surface area (Å²) < 4.78 is 10.9. The summed E-state index contributed by atoms with van der Waals surface area (Å²) in [4.78, 5) is 25.4. The first-order valence-electron chi connectivity index (χ1n) is 10.6. The van der Waals surface area contributed by atoms with Crippen LogP contribution in [0.2, 0.25) is 0 Å². The van der Waals surface area contributed by atoms with Crippen molar-refractivity contribution >= 4 is 17.9 Å². The van der Waals surface area contributed by atoms with Crippen molar-refractivity contribution in [1.29, 1.82) is 0 Å². The van der Waals surface area contributed by atoms with Crippen molar-refractivity contribution < 1.29 is 14.3 Å². The van der Waals surface area contributed by atoms with Gasteiger partial charge < -0.3 is 29.9 Å². The molecule has 3 rings (SSSR count). The molecule has 1 amide bonds. The van der Waals surface area contributed by atoms with Crippen LogP contribution < -0.4 is 15.5 Å². The molecule has 0 bridgehead atoms. The molecule has 1 aromatic heterocycles. The van der Waals surface area contributed by atoms with Crippen LogP contribution in [0, 0.1) is 0 Å². The minimum atomic E-state index is -0.478. The fraction of sp³-hybridized carbons (Fsp3) is 0.667. The summed E-state index contributed by atoms with van der Waals surface area (Å²) in [5.41, 5.74) is 0.606. The zero-order chi connectivity index (χ0) is 21.6. The van der Waals surface area contributed by atoms with Crippen molar-refractivity contribution in [3.05, 3.63) is 23.9 Å². The highest BCUT2D eigenvalue weighted by Gasteiger charge is 2.34. The number of aliphatic imine (C=N–C) groups is 1. The smallest absolute Gasteiger partial charge is 0.410 e. The van der Waals surface area contributed by atoms with E-state index >= 15 is 0 Å². The number of nitrogens with zero attached hydrogens (tertiary/aromatic N) is 4. The van der Waals surface area contributed by atoms with E-state index in [1.54, 1.807) is 4.90 Å². The summed E-state index contributed by atoms with van der Waals surface area (Å²) in [6.07, 6.45) is 1.55. The van der Waals surface area contributed by atoms with Crippen LogP contribution in [0.1, 0.15) is 33.3 Å². The van der Waals surface area contributed by atoms with Gasteiger partial charge in [-0.1, -0.05) is 6.07 Å². The summed E-state index contributed by atoms with van der Waals surface area (Å²) in [7, 11) is 0. The van der Waals surface area contributed by atoms with Crippen LogP contribution in [0.3, 0.4) is 0 Å². The van der Waals surface area contributed by atoms with E-state index < -0.39 is 5.60 Å². The van der Waals surface area contributed by atoms with E-state index in [-0.39, 0.29) is 12.1 Å². The predicted molar refractivity (Wildman–Crippen MR) is 117 cm³/mol. The first-order valence-corrected chi connectivity index (χ1v) is 10.6. The second-order valence-electron chi connectivity index (χ2n) is 8.51. The fourth-order valence-corrected chi connectivity index (χ4v) is 3.34. The summed E-state index contributed by atoms with van der Waals surface area (Å²) in [5, 5.41) is 6.69. The van der Waals surface area contributed by atoms with E-state index in [1.165, 1.54) is 0 Å². The summed E-state index contributed by atoms with van der Waals surface area (Å²) in [5.74, 6) is 1.71. The van der Waals surface area contributed by atoms with Gasteiger partial charge in [-0.25, -0.2) is 14.8 Å². The molecule has 2 aliphatic heterocycles. The van der Waals surface area contributed by atoms with Gasteiger partial charge in [-0.05, 0) is 33.8 Å². The minimum Gasteiger partial charge on any atom is -0.444 e. The zero-order valence-electron chi connectivity index (χ0n) is 18.5. The molecule has 2 saturated heterocycles. The van der Waals surface area contributed by atoms with E-state index in [2.05, 4.69) is 26.6 Å². The summed E-state index contributed by atoms with van der Waals surface area (Å²) >= 11 is 0. The fourth-order valence-electron chi connectivity index (χ4n) is 3.34. The number of carbonyl (C=O) groups is 1. The van der Waals surface area contributed by atoms with Crippen LogP contribution in [0.15, 0.2) is 23.3 Å². The molecule has 9 nitrogen and oxygen atoms in total. The highest BCUT2D eigenvalue weighted by molar-refractivity contribution is 5.80. The van der Waals surface area contributed by atoms with Crippen LogP contribution >= 0.6 is 0 Å². The molecule has 30 heavy (non-hydrogen) atoms. The standard InChI is InChI=1S/C21H34N6O3/c1-5-22-19(25-17-14-27(15-17)20(28)30-21(2,3)4)24-13-16-7-6-8-23-18(16)26-9-11-29-12-10-26/h6-8,17H,5,9-15H2,1-4H3,(H2,22,24,25). The minimum absolute atomic E-state index is 0.155. The number of ether oxygens (including phenoxy) is 2. The lowest BCUT2D eigenvalue weighted by atomic mass is 10.1. The lowest BCUT2D eigenvalue weighted by molar-refractivity contribution is 0.00700. The molecule has 0 spiro atoms. The van der Waals surface area contributed by atoms with E-state index in [4.69, 9.17) is 14.5 Å². The third-order valence-corrected chi connectivity index (χ3v) is 4.80. The number of pyridine rings is 1. The number of guanidine groups is 1. The molecule has 0 aliphatic carbocycles. The molecule has 0 unspecified atom stereocenters. The van der Waals surface area contributed by atoms with E-state index in [0.717, 1.165) is 50.2 Å². The average molecular weight is 419 g/mol. The third kappa shape index (κ3) is 6.22. The van der Waals surface area contributed by atoms with Crippen molar-refractivity contribution in [2.45, 2.75) is 45.9 Å². The maximum Gasteiger partial charge on any atom is 0.410 e. The van der Waals surface area contributed by atoms with Gasteiger partial charge in [-0.15, -0.1) is 0 Å². The first-order chi connectivity index (χ1) is 14.4.